The van der Waals surface area contributed by atoms with Crippen LogP contribution < -0.4 is 4.90 Å². The molecule has 4 rings (SSSR count). The molecule has 1 heterocycles. The second kappa shape index (κ2) is 8.29. The molecule has 3 aromatic carbocycles. The van der Waals surface area contributed by atoms with Crippen molar-refractivity contribution in [3.8, 4) is 0 Å². The van der Waals surface area contributed by atoms with E-state index < -0.39 is 11.5 Å². The molecule has 1 aliphatic heterocycles. The molecule has 0 saturated heterocycles. The Balaban J connectivity index is 1.67. The van der Waals surface area contributed by atoms with Crippen LogP contribution in [0.4, 0.5) is 5.69 Å². The van der Waals surface area contributed by atoms with Crippen molar-refractivity contribution in [2.45, 2.75) is 38.3 Å². The van der Waals surface area contributed by atoms with Crippen molar-refractivity contribution >= 4 is 29.0 Å². The SMILES string of the molecule is CC(C)c1ccc(C(=O)C[C@]2(O)C(=O)N(Cc3ccccc3)c3ccc(Cl)cc32)cc1. The van der Waals surface area contributed by atoms with Crippen molar-refractivity contribution in [1.82, 2.24) is 0 Å². The van der Waals surface area contributed by atoms with Crippen LogP contribution >= 0.6 is 11.6 Å². The van der Waals surface area contributed by atoms with E-state index in [4.69, 9.17) is 11.6 Å². The van der Waals surface area contributed by atoms with Crippen LogP contribution in [0.3, 0.4) is 0 Å². The van der Waals surface area contributed by atoms with Gasteiger partial charge in [-0.25, -0.2) is 0 Å². The molecule has 1 N–H and O–H groups in total. The summed E-state index contributed by atoms with van der Waals surface area (Å²) in [4.78, 5) is 27.9. The molecule has 4 nitrogen and oxygen atoms in total. The third-order valence-corrected chi connectivity index (χ3v) is 6.03. The molecule has 5 heteroatoms. The third-order valence-electron chi connectivity index (χ3n) is 5.79. The van der Waals surface area contributed by atoms with Crippen molar-refractivity contribution in [3.63, 3.8) is 0 Å². The maximum atomic E-state index is 13.4. The number of hydrogen-bond acceptors (Lipinski definition) is 3. The lowest BCUT2D eigenvalue weighted by atomic mass is 9.87. The van der Waals surface area contributed by atoms with Crippen LogP contribution in [0.2, 0.25) is 5.02 Å². The standard InChI is InChI=1S/C26H24ClNO3/c1-17(2)19-8-10-20(11-9-19)24(29)15-26(31)22-14-21(27)12-13-23(22)28(25(26)30)16-18-6-4-3-5-7-18/h3-14,17,31H,15-16H2,1-2H3/t26-/m1/s1. The molecule has 0 radical (unpaired) electrons. The first-order valence-electron chi connectivity index (χ1n) is 10.3. The number of benzene rings is 3. The van der Waals surface area contributed by atoms with E-state index in [9.17, 15) is 14.7 Å². The lowest BCUT2D eigenvalue weighted by Crippen LogP contribution is -2.41. The summed E-state index contributed by atoms with van der Waals surface area (Å²) >= 11 is 6.18. The highest BCUT2D eigenvalue weighted by molar-refractivity contribution is 6.31. The summed E-state index contributed by atoms with van der Waals surface area (Å²) in [6.07, 6.45) is -0.342. The Hall–Kier alpha value is -2.95. The average molecular weight is 434 g/mol. The molecule has 3 aromatic rings. The van der Waals surface area contributed by atoms with Gasteiger partial charge in [0.15, 0.2) is 11.4 Å². The zero-order valence-electron chi connectivity index (χ0n) is 17.5. The largest absolute Gasteiger partial charge is 0.375 e. The minimum absolute atomic E-state index is 0.293. The Kier molecular flexibility index (Phi) is 5.69. The molecular formula is C26H24ClNO3. The van der Waals surface area contributed by atoms with Crippen LogP contribution in [-0.4, -0.2) is 16.8 Å². The van der Waals surface area contributed by atoms with E-state index in [1.807, 2.05) is 42.5 Å². The van der Waals surface area contributed by atoms with Gasteiger partial charge in [-0.3, -0.25) is 9.59 Å². The highest BCUT2D eigenvalue weighted by atomic mass is 35.5. The highest BCUT2D eigenvalue weighted by Gasteiger charge is 2.51. The van der Waals surface area contributed by atoms with Gasteiger partial charge in [-0.1, -0.05) is 80.0 Å². The fourth-order valence-electron chi connectivity index (χ4n) is 4.00. The van der Waals surface area contributed by atoms with Gasteiger partial charge in [-0.05, 0) is 35.2 Å². The van der Waals surface area contributed by atoms with Crippen LogP contribution in [0.15, 0.2) is 72.8 Å². The Morgan fingerprint density at radius 1 is 1.03 bits per heavy atom. The molecule has 0 saturated carbocycles. The topological polar surface area (TPSA) is 57.6 Å². The minimum atomic E-state index is -1.96. The summed E-state index contributed by atoms with van der Waals surface area (Å²) in [5, 5.41) is 11.9. The van der Waals surface area contributed by atoms with Crippen molar-refractivity contribution in [2.75, 3.05) is 4.90 Å². The van der Waals surface area contributed by atoms with Gasteiger partial charge in [0.1, 0.15) is 0 Å². The van der Waals surface area contributed by atoms with Crippen molar-refractivity contribution in [3.05, 3.63) is 100 Å². The van der Waals surface area contributed by atoms with Gasteiger partial charge in [-0.2, -0.15) is 0 Å². The quantitative estimate of drug-likeness (QED) is 0.524. The second-order valence-electron chi connectivity index (χ2n) is 8.28. The van der Waals surface area contributed by atoms with Gasteiger partial charge in [0, 0.05) is 16.1 Å². The number of hydrogen-bond donors (Lipinski definition) is 1. The minimum Gasteiger partial charge on any atom is -0.375 e. The van der Waals surface area contributed by atoms with Gasteiger partial charge in [0.2, 0.25) is 0 Å². The summed E-state index contributed by atoms with van der Waals surface area (Å²) in [5.41, 5.74) is 1.51. The van der Waals surface area contributed by atoms with E-state index in [2.05, 4.69) is 13.8 Å². The predicted octanol–water partition coefficient (Wildman–Crippen LogP) is 5.47. The van der Waals surface area contributed by atoms with Crippen molar-refractivity contribution < 1.29 is 14.7 Å². The summed E-state index contributed by atoms with van der Waals surface area (Å²) < 4.78 is 0. The molecule has 0 aromatic heterocycles. The van der Waals surface area contributed by atoms with Crippen LogP contribution in [0.25, 0.3) is 0 Å². The molecule has 0 fully saturated rings. The maximum absolute atomic E-state index is 13.4. The fraction of sp³-hybridized carbons (Fsp3) is 0.231. The second-order valence-corrected chi connectivity index (χ2v) is 8.71. The number of aliphatic hydroxyl groups is 1. The third kappa shape index (κ3) is 4.01. The molecule has 0 bridgehead atoms. The molecule has 1 aliphatic rings. The summed E-state index contributed by atoms with van der Waals surface area (Å²) in [7, 11) is 0. The van der Waals surface area contributed by atoms with E-state index in [-0.39, 0.29) is 12.2 Å². The number of amides is 1. The molecule has 1 amide bonds. The molecule has 0 unspecified atom stereocenters. The van der Waals surface area contributed by atoms with E-state index >= 15 is 0 Å². The monoisotopic (exact) mass is 433 g/mol. The Morgan fingerprint density at radius 3 is 2.35 bits per heavy atom. The first kappa shape index (κ1) is 21.3. The van der Waals surface area contributed by atoms with Crippen molar-refractivity contribution in [2.24, 2.45) is 0 Å². The van der Waals surface area contributed by atoms with E-state index in [0.29, 0.717) is 34.3 Å². The van der Waals surface area contributed by atoms with E-state index in [1.54, 1.807) is 30.3 Å². The van der Waals surface area contributed by atoms with Gasteiger partial charge >= 0.3 is 0 Å². The number of nitrogens with zero attached hydrogens (tertiary/aromatic N) is 1. The summed E-state index contributed by atoms with van der Waals surface area (Å²) in [5.74, 6) is -0.454. The summed E-state index contributed by atoms with van der Waals surface area (Å²) in [6.45, 7) is 4.46. The van der Waals surface area contributed by atoms with Crippen molar-refractivity contribution in [1.29, 1.82) is 0 Å². The van der Waals surface area contributed by atoms with Gasteiger partial charge < -0.3 is 10.0 Å². The first-order chi connectivity index (χ1) is 14.8. The van der Waals surface area contributed by atoms with Crippen LogP contribution in [-0.2, 0) is 16.9 Å². The number of carbonyl (C=O) groups is 2. The molecular weight excluding hydrogens is 410 g/mol. The molecule has 31 heavy (non-hydrogen) atoms. The Bertz CT molecular complexity index is 1130. The number of rotatable bonds is 6. The average Bonchev–Trinajstić information content (AvgIpc) is 2.96. The zero-order valence-corrected chi connectivity index (χ0v) is 18.3. The van der Waals surface area contributed by atoms with E-state index in [1.165, 1.54) is 4.90 Å². The highest BCUT2D eigenvalue weighted by Crippen LogP contribution is 2.44. The number of ketones is 1. The Morgan fingerprint density at radius 2 is 1.71 bits per heavy atom. The van der Waals surface area contributed by atoms with E-state index in [0.717, 1.165) is 11.1 Å². The fourth-order valence-corrected chi connectivity index (χ4v) is 4.18. The van der Waals surface area contributed by atoms with Crippen LogP contribution in [0.5, 0.6) is 0 Å². The number of Topliss-reactive ketones (excluding diaryl/α,β-unsaturated/α-hetero) is 1. The van der Waals surface area contributed by atoms with Crippen LogP contribution in [0.1, 0.15) is 53.2 Å². The van der Waals surface area contributed by atoms with Crippen LogP contribution in [0, 0.1) is 0 Å². The first-order valence-corrected chi connectivity index (χ1v) is 10.7. The lowest BCUT2D eigenvalue weighted by molar-refractivity contribution is -0.136. The molecule has 0 aliphatic carbocycles. The number of halogens is 1. The number of carbonyl (C=O) groups excluding carboxylic acids is 2. The van der Waals surface area contributed by atoms with Gasteiger partial charge in [-0.15, -0.1) is 0 Å². The number of anilines is 1. The lowest BCUT2D eigenvalue weighted by Gasteiger charge is -2.23. The molecule has 0 spiro atoms. The molecule has 1 atom stereocenters. The normalized spacial score (nSPS) is 17.8. The van der Waals surface area contributed by atoms with Gasteiger partial charge in [0.25, 0.3) is 5.91 Å². The zero-order chi connectivity index (χ0) is 22.2. The van der Waals surface area contributed by atoms with Gasteiger partial charge in [0.05, 0.1) is 18.7 Å². The number of fused-ring (bicyclic) bond motifs is 1. The maximum Gasteiger partial charge on any atom is 0.264 e. The molecule has 158 valence electrons. The smallest absolute Gasteiger partial charge is 0.264 e. The summed E-state index contributed by atoms with van der Waals surface area (Å²) in [6, 6.07) is 21.8. The predicted molar refractivity (Wildman–Crippen MR) is 122 cm³/mol. The Labute approximate surface area is 187 Å².